The van der Waals surface area contributed by atoms with Crippen LogP contribution in [0.3, 0.4) is 0 Å². The van der Waals surface area contributed by atoms with Crippen molar-refractivity contribution in [2.24, 2.45) is 0 Å². The van der Waals surface area contributed by atoms with Crippen LogP contribution in [0.15, 0.2) is 0 Å². The third kappa shape index (κ3) is 2.14. The first-order valence-corrected chi connectivity index (χ1v) is 6.78. The van der Waals surface area contributed by atoms with Crippen molar-refractivity contribution in [3.05, 3.63) is 11.3 Å². The molecule has 2 N–H and O–H groups in total. The molecule has 3 rings (SSSR count). The van der Waals surface area contributed by atoms with Gasteiger partial charge in [-0.25, -0.2) is 4.98 Å². The molecule has 0 spiro atoms. The van der Waals surface area contributed by atoms with E-state index in [0.717, 1.165) is 31.3 Å². The fraction of sp³-hybridized carbons (Fsp3) is 0.692. The zero-order valence-electron chi connectivity index (χ0n) is 11.2. The maximum atomic E-state index is 4.67. The second-order valence-corrected chi connectivity index (χ2v) is 5.39. The van der Waals surface area contributed by atoms with Crippen molar-refractivity contribution in [1.82, 2.24) is 15.3 Å². The summed E-state index contributed by atoms with van der Waals surface area (Å²) in [5, 5.41) is 6.99. The number of fused-ring (bicyclic) bond motifs is 1. The van der Waals surface area contributed by atoms with Gasteiger partial charge in [-0.15, -0.1) is 0 Å². The van der Waals surface area contributed by atoms with E-state index in [1.54, 1.807) is 0 Å². The molecule has 1 aliphatic carbocycles. The molecule has 18 heavy (non-hydrogen) atoms. The van der Waals surface area contributed by atoms with E-state index in [1.165, 1.54) is 30.5 Å². The first-order valence-electron chi connectivity index (χ1n) is 6.78. The van der Waals surface area contributed by atoms with Gasteiger partial charge in [-0.05, 0) is 19.3 Å². The van der Waals surface area contributed by atoms with Gasteiger partial charge in [0.05, 0.1) is 5.69 Å². The van der Waals surface area contributed by atoms with Crippen molar-refractivity contribution in [2.75, 3.05) is 30.9 Å². The highest BCUT2D eigenvalue weighted by Gasteiger charge is 2.23. The normalized spacial score (nSPS) is 19.0. The van der Waals surface area contributed by atoms with Crippen LogP contribution in [0.2, 0.25) is 0 Å². The molecule has 1 fully saturated rings. The third-order valence-electron chi connectivity index (χ3n) is 3.77. The van der Waals surface area contributed by atoms with Crippen LogP contribution in [0.1, 0.15) is 30.5 Å². The van der Waals surface area contributed by atoms with E-state index in [4.69, 9.17) is 0 Å². The summed E-state index contributed by atoms with van der Waals surface area (Å²) in [5.74, 6) is 1.86. The van der Waals surface area contributed by atoms with E-state index < -0.39 is 0 Å². The van der Waals surface area contributed by atoms with Crippen molar-refractivity contribution in [2.45, 2.75) is 38.3 Å². The number of nitrogens with one attached hydrogen (secondary N) is 2. The Morgan fingerprint density at radius 2 is 2.11 bits per heavy atom. The molecule has 1 aliphatic heterocycles. The van der Waals surface area contributed by atoms with Crippen LogP contribution >= 0.6 is 0 Å². The molecule has 0 saturated heterocycles. The van der Waals surface area contributed by atoms with Gasteiger partial charge in [-0.3, -0.25) is 0 Å². The Morgan fingerprint density at radius 1 is 1.28 bits per heavy atom. The zero-order valence-corrected chi connectivity index (χ0v) is 11.2. The molecule has 0 atom stereocenters. The minimum Gasteiger partial charge on any atom is -0.367 e. The smallest absolute Gasteiger partial charge is 0.227 e. The second-order valence-electron chi connectivity index (χ2n) is 5.39. The van der Waals surface area contributed by atoms with Crippen molar-refractivity contribution >= 4 is 11.8 Å². The van der Waals surface area contributed by atoms with Crippen molar-refractivity contribution in [1.29, 1.82) is 0 Å². The van der Waals surface area contributed by atoms with Crippen molar-refractivity contribution < 1.29 is 0 Å². The van der Waals surface area contributed by atoms with E-state index in [2.05, 4.69) is 20.6 Å². The lowest BCUT2D eigenvalue weighted by atomic mass is 9.93. The van der Waals surface area contributed by atoms with Crippen LogP contribution in [0.25, 0.3) is 0 Å². The average Bonchev–Trinajstić information content (AvgIpc) is 2.33. The molecule has 0 amide bonds. The molecule has 0 unspecified atom stereocenters. The van der Waals surface area contributed by atoms with Gasteiger partial charge in [0.15, 0.2) is 0 Å². The van der Waals surface area contributed by atoms with Crippen molar-refractivity contribution in [3.8, 4) is 0 Å². The van der Waals surface area contributed by atoms with Crippen LogP contribution in [-0.4, -0.2) is 36.6 Å². The zero-order chi connectivity index (χ0) is 12.5. The summed E-state index contributed by atoms with van der Waals surface area (Å²) in [6, 6.07) is 0.612. The Labute approximate surface area is 108 Å². The van der Waals surface area contributed by atoms with Gasteiger partial charge in [0, 0.05) is 45.2 Å². The van der Waals surface area contributed by atoms with Gasteiger partial charge in [0.1, 0.15) is 5.82 Å². The number of rotatable bonds is 3. The highest BCUT2D eigenvalue weighted by molar-refractivity contribution is 5.52. The molecule has 98 valence electrons. The van der Waals surface area contributed by atoms with Gasteiger partial charge in [-0.1, -0.05) is 0 Å². The molecule has 5 nitrogen and oxygen atoms in total. The lowest BCUT2D eigenvalue weighted by Crippen LogP contribution is -2.32. The molecule has 1 aromatic rings. The fourth-order valence-electron chi connectivity index (χ4n) is 2.40. The summed E-state index contributed by atoms with van der Waals surface area (Å²) in [6.45, 7) is 1.90. The molecule has 2 heterocycles. The SMILES string of the molecule is CN(C)c1nc2c(c(NC3CCC3)n1)CNCC2. The standard InChI is InChI=1S/C13H21N5/c1-18(2)13-16-11-6-7-14-8-10(11)12(17-13)15-9-4-3-5-9/h9,14H,3-8H2,1-2H3,(H,15,16,17). The monoisotopic (exact) mass is 247 g/mol. The molecular weight excluding hydrogens is 226 g/mol. The Bertz CT molecular complexity index is 439. The van der Waals surface area contributed by atoms with Gasteiger partial charge < -0.3 is 15.5 Å². The molecule has 0 bridgehead atoms. The van der Waals surface area contributed by atoms with Crippen LogP contribution < -0.4 is 15.5 Å². The van der Waals surface area contributed by atoms with E-state index in [9.17, 15) is 0 Å². The molecule has 1 aromatic heterocycles. The van der Waals surface area contributed by atoms with Gasteiger partial charge in [0.2, 0.25) is 5.95 Å². The van der Waals surface area contributed by atoms with Crippen LogP contribution in [0.5, 0.6) is 0 Å². The molecular formula is C13H21N5. The summed E-state index contributed by atoms with van der Waals surface area (Å²) in [5.41, 5.74) is 2.47. The summed E-state index contributed by atoms with van der Waals surface area (Å²) >= 11 is 0. The Hall–Kier alpha value is -1.36. The average molecular weight is 247 g/mol. The summed E-state index contributed by atoms with van der Waals surface area (Å²) in [6.07, 6.45) is 4.87. The minimum absolute atomic E-state index is 0.612. The van der Waals surface area contributed by atoms with E-state index in [1.807, 2.05) is 19.0 Å². The molecule has 0 aromatic carbocycles. The molecule has 5 heteroatoms. The maximum absolute atomic E-state index is 4.67. The lowest BCUT2D eigenvalue weighted by Gasteiger charge is -2.30. The Morgan fingerprint density at radius 3 is 2.78 bits per heavy atom. The number of aromatic nitrogens is 2. The van der Waals surface area contributed by atoms with Gasteiger partial charge in [-0.2, -0.15) is 4.98 Å². The van der Waals surface area contributed by atoms with E-state index in [0.29, 0.717) is 6.04 Å². The molecule has 1 saturated carbocycles. The molecule has 0 radical (unpaired) electrons. The summed E-state index contributed by atoms with van der Waals surface area (Å²) in [7, 11) is 3.99. The van der Waals surface area contributed by atoms with E-state index >= 15 is 0 Å². The minimum atomic E-state index is 0.612. The topological polar surface area (TPSA) is 53.1 Å². The van der Waals surface area contributed by atoms with Gasteiger partial charge in [0.25, 0.3) is 0 Å². The van der Waals surface area contributed by atoms with Gasteiger partial charge >= 0.3 is 0 Å². The van der Waals surface area contributed by atoms with Crippen LogP contribution in [-0.2, 0) is 13.0 Å². The lowest BCUT2D eigenvalue weighted by molar-refractivity contribution is 0.443. The number of hydrogen-bond acceptors (Lipinski definition) is 5. The first-order chi connectivity index (χ1) is 8.74. The maximum Gasteiger partial charge on any atom is 0.227 e. The first kappa shape index (κ1) is 11.7. The highest BCUT2D eigenvalue weighted by Crippen LogP contribution is 2.27. The molecule has 2 aliphatic rings. The summed E-state index contributed by atoms with van der Waals surface area (Å²) in [4.78, 5) is 11.3. The summed E-state index contributed by atoms with van der Waals surface area (Å²) < 4.78 is 0. The van der Waals surface area contributed by atoms with Crippen LogP contribution in [0.4, 0.5) is 11.8 Å². The predicted octanol–water partition coefficient (Wildman–Crippen LogP) is 1.15. The Balaban J connectivity index is 1.94. The number of nitrogens with zero attached hydrogens (tertiary/aromatic N) is 3. The number of hydrogen-bond donors (Lipinski definition) is 2. The fourth-order valence-corrected chi connectivity index (χ4v) is 2.40. The van der Waals surface area contributed by atoms with Crippen molar-refractivity contribution in [3.63, 3.8) is 0 Å². The predicted molar refractivity (Wildman–Crippen MR) is 73.0 cm³/mol. The quantitative estimate of drug-likeness (QED) is 0.839. The van der Waals surface area contributed by atoms with E-state index in [-0.39, 0.29) is 0 Å². The van der Waals surface area contributed by atoms with Crippen LogP contribution in [0, 0.1) is 0 Å². The second kappa shape index (κ2) is 4.72. The largest absolute Gasteiger partial charge is 0.367 e. The Kier molecular flexibility index (Phi) is 3.07. The number of anilines is 2. The highest BCUT2D eigenvalue weighted by atomic mass is 15.2. The third-order valence-corrected chi connectivity index (χ3v) is 3.77.